The molecule has 10 heteroatoms. The van der Waals surface area contributed by atoms with E-state index in [0.29, 0.717) is 11.1 Å². The Hall–Kier alpha value is -3.41. The molecule has 0 saturated carbocycles. The van der Waals surface area contributed by atoms with Crippen LogP contribution in [-0.2, 0) is 4.74 Å². The third-order valence-corrected chi connectivity index (χ3v) is 6.02. The molecule has 5 rings (SSSR count). The Kier molecular flexibility index (Phi) is 5.54. The van der Waals surface area contributed by atoms with Crippen LogP contribution in [0.5, 0.6) is 17.2 Å². The predicted octanol–water partition coefficient (Wildman–Crippen LogP) is 0.992. The lowest BCUT2D eigenvalue weighted by Crippen LogP contribution is -2.60. The van der Waals surface area contributed by atoms with E-state index in [1.807, 2.05) is 6.07 Å². The zero-order valence-electron chi connectivity index (χ0n) is 17.9. The van der Waals surface area contributed by atoms with Crippen LogP contribution in [0.2, 0.25) is 0 Å². The Bertz CT molecular complexity index is 1440. The second-order valence-corrected chi connectivity index (χ2v) is 8.09. The summed E-state index contributed by atoms with van der Waals surface area (Å²) < 4.78 is 22.1. The highest BCUT2D eigenvalue weighted by atomic mass is 16.7. The number of benzene rings is 3. The zero-order valence-corrected chi connectivity index (χ0v) is 17.9. The van der Waals surface area contributed by atoms with Crippen LogP contribution in [0.4, 0.5) is 0 Å². The minimum absolute atomic E-state index is 0.0272. The number of aliphatic hydroxyl groups is 4. The van der Waals surface area contributed by atoms with E-state index in [1.54, 1.807) is 24.3 Å². The maximum Gasteiger partial charge on any atom is 0.229 e. The van der Waals surface area contributed by atoms with Crippen molar-refractivity contribution >= 4 is 32.7 Å². The lowest BCUT2D eigenvalue weighted by atomic mass is 9.99. The van der Waals surface area contributed by atoms with E-state index in [4.69, 9.17) is 18.6 Å². The molecular formula is C24H22O10. The largest absolute Gasteiger partial charge is 0.507 e. The molecule has 0 bridgehead atoms. The molecule has 178 valence electrons. The molecule has 1 fully saturated rings. The number of rotatable bonds is 4. The van der Waals surface area contributed by atoms with E-state index in [9.17, 15) is 30.3 Å². The van der Waals surface area contributed by atoms with Crippen molar-refractivity contribution in [1.82, 2.24) is 0 Å². The summed E-state index contributed by atoms with van der Waals surface area (Å²) in [5, 5.41) is 51.7. The zero-order chi connectivity index (χ0) is 24.1. The Morgan fingerprint density at radius 2 is 1.68 bits per heavy atom. The third kappa shape index (κ3) is 3.52. The van der Waals surface area contributed by atoms with Gasteiger partial charge in [0.05, 0.1) is 19.1 Å². The van der Waals surface area contributed by atoms with Crippen LogP contribution in [0.3, 0.4) is 0 Å². The highest BCUT2D eigenvalue weighted by molar-refractivity contribution is 6.09. The fraction of sp³-hybridized carbons (Fsp3) is 0.292. The van der Waals surface area contributed by atoms with E-state index >= 15 is 0 Å². The van der Waals surface area contributed by atoms with Crippen LogP contribution in [0.1, 0.15) is 0 Å². The molecule has 2 heterocycles. The summed E-state index contributed by atoms with van der Waals surface area (Å²) in [6.07, 6.45) is -7.43. The van der Waals surface area contributed by atoms with E-state index < -0.39 is 48.5 Å². The first kappa shape index (κ1) is 22.4. The monoisotopic (exact) mass is 470 g/mol. The fourth-order valence-corrected chi connectivity index (χ4v) is 4.22. The van der Waals surface area contributed by atoms with Crippen LogP contribution in [-0.4, -0.2) is 70.0 Å². The van der Waals surface area contributed by atoms with Gasteiger partial charge in [0.2, 0.25) is 11.7 Å². The molecule has 1 saturated heterocycles. The first-order valence-electron chi connectivity index (χ1n) is 10.5. The van der Waals surface area contributed by atoms with Crippen molar-refractivity contribution in [2.24, 2.45) is 0 Å². The molecule has 0 amide bonds. The minimum Gasteiger partial charge on any atom is -0.507 e. The molecule has 0 radical (unpaired) electrons. The second-order valence-electron chi connectivity index (χ2n) is 8.09. The van der Waals surface area contributed by atoms with Crippen LogP contribution in [0.15, 0.2) is 51.7 Å². The standard InChI is InChI=1S/C24H22O10/c1-31-11-4-2-10-3-5-15-18(13(10)6-11)21(28)19-14(26)7-12(8-16(19)33-15)32-24-23(30)22(29)20(27)17(9-25)34-24/h2-8,17,20,22-27,29-30H,9H2,1H3. The second kappa shape index (κ2) is 8.42. The predicted molar refractivity (Wildman–Crippen MR) is 120 cm³/mol. The van der Waals surface area contributed by atoms with Crippen molar-refractivity contribution in [3.05, 3.63) is 52.7 Å². The lowest BCUT2D eigenvalue weighted by molar-refractivity contribution is -0.277. The van der Waals surface area contributed by atoms with Gasteiger partial charge >= 0.3 is 0 Å². The van der Waals surface area contributed by atoms with Crippen LogP contribution >= 0.6 is 0 Å². The van der Waals surface area contributed by atoms with Crippen molar-refractivity contribution in [3.63, 3.8) is 0 Å². The molecule has 5 N–H and O–H groups in total. The lowest BCUT2D eigenvalue weighted by Gasteiger charge is -2.39. The van der Waals surface area contributed by atoms with Gasteiger partial charge in [0.1, 0.15) is 58.2 Å². The van der Waals surface area contributed by atoms with Gasteiger partial charge in [-0.25, -0.2) is 0 Å². The van der Waals surface area contributed by atoms with Gasteiger partial charge < -0.3 is 44.2 Å². The maximum atomic E-state index is 13.4. The summed E-state index contributed by atoms with van der Waals surface area (Å²) in [6.45, 7) is -0.618. The fourth-order valence-electron chi connectivity index (χ4n) is 4.22. The molecule has 1 aliphatic rings. The molecule has 4 aromatic rings. The molecule has 1 aliphatic heterocycles. The average Bonchev–Trinajstić information content (AvgIpc) is 2.83. The number of hydrogen-bond donors (Lipinski definition) is 5. The summed E-state index contributed by atoms with van der Waals surface area (Å²) in [4.78, 5) is 13.4. The highest BCUT2D eigenvalue weighted by Crippen LogP contribution is 2.35. The molecule has 0 aliphatic carbocycles. The van der Waals surface area contributed by atoms with Crippen LogP contribution in [0.25, 0.3) is 32.7 Å². The van der Waals surface area contributed by atoms with E-state index in [0.717, 1.165) is 11.5 Å². The molecule has 3 aromatic carbocycles. The Balaban J connectivity index is 1.61. The average molecular weight is 470 g/mol. The number of phenolic OH excluding ortho intramolecular Hbond substituents is 1. The first-order valence-corrected chi connectivity index (χ1v) is 10.5. The van der Waals surface area contributed by atoms with Gasteiger partial charge in [0.15, 0.2) is 0 Å². The molecule has 5 atom stereocenters. The number of methoxy groups -OCH3 is 1. The van der Waals surface area contributed by atoms with Gasteiger partial charge in [0, 0.05) is 17.5 Å². The number of ether oxygens (including phenoxy) is 3. The Morgan fingerprint density at radius 1 is 0.912 bits per heavy atom. The normalized spacial score (nSPS) is 25.1. The van der Waals surface area contributed by atoms with Crippen molar-refractivity contribution < 1.29 is 44.2 Å². The van der Waals surface area contributed by atoms with E-state index in [2.05, 4.69) is 0 Å². The number of phenols is 1. The van der Waals surface area contributed by atoms with Crippen molar-refractivity contribution in [2.75, 3.05) is 13.7 Å². The first-order chi connectivity index (χ1) is 16.3. The summed E-state index contributed by atoms with van der Waals surface area (Å²) in [7, 11) is 1.52. The number of hydrogen-bond acceptors (Lipinski definition) is 10. The molecule has 0 spiro atoms. The smallest absolute Gasteiger partial charge is 0.229 e. The van der Waals surface area contributed by atoms with E-state index in [1.165, 1.54) is 13.2 Å². The van der Waals surface area contributed by atoms with Crippen molar-refractivity contribution in [3.8, 4) is 17.2 Å². The molecular weight excluding hydrogens is 448 g/mol. The minimum atomic E-state index is -1.64. The Labute approximate surface area is 191 Å². The topological polar surface area (TPSA) is 159 Å². The van der Waals surface area contributed by atoms with Gasteiger partial charge in [-0.2, -0.15) is 0 Å². The van der Waals surface area contributed by atoms with Crippen LogP contribution in [0, 0.1) is 0 Å². The number of aromatic hydroxyl groups is 1. The number of aliphatic hydroxyl groups excluding tert-OH is 4. The van der Waals surface area contributed by atoms with Crippen molar-refractivity contribution in [1.29, 1.82) is 0 Å². The highest BCUT2D eigenvalue weighted by Gasteiger charge is 2.44. The van der Waals surface area contributed by atoms with Gasteiger partial charge in [-0.05, 0) is 23.6 Å². The van der Waals surface area contributed by atoms with Crippen LogP contribution < -0.4 is 14.9 Å². The number of fused-ring (bicyclic) bond motifs is 4. The SMILES string of the molecule is COc1ccc2ccc3oc4cc(OC5OC(CO)C(O)C(O)C5O)cc(O)c4c(=O)c3c2c1. The summed E-state index contributed by atoms with van der Waals surface area (Å²) in [5.74, 6) is 0.110. The van der Waals surface area contributed by atoms with Gasteiger partial charge in [-0.3, -0.25) is 4.79 Å². The third-order valence-electron chi connectivity index (χ3n) is 6.02. The Morgan fingerprint density at radius 3 is 2.41 bits per heavy atom. The molecule has 5 unspecified atom stereocenters. The van der Waals surface area contributed by atoms with Gasteiger partial charge in [0.25, 0.3) is 0 Å². The summed E-state index contributed by atoms with van der Waals surface area (Å²) in [6, 6.07) is 11.2. The molecule has 34 heavy (non-hydrogen) atoms. The quantitative estimate of drug-likeness (QED) is 0.215. The van der Waals surface area contributed by atoms with Gasteiger partial charge in [-0.15, -0.1) is 0 Å². The van der Waals surface area contributed by atoms with Crippen molar-refractivity contribution in [2.45, 2.75) is 30.7 Å². The molecule has 10 nitrogen and oxygen atoms in total. The van der Waals surface area contributed by atoms with E-state index in [-0.39, 0.29) is 27.7 Å². The van der Waals surface area contributed by atoms with Gasteiger partial charge in [-0.1, -0.05) is 12.1 Å². The summed E-state index contributed by atoms with van der Waals surface area (Å²) >= 11 is 0. The molecule has 1 aromatic heterocycles. The summed E-state index contributed by atoms with van der Waals surface area (Å²) in [5.41, 5.74) is -0.144. The maximum absolute atomic E-state index is 13.4.